The van der Waals surface area contributed by atoms with E-state index in [9.17, 15) is 5.11 Å². The van der Waals surface area contributed by atoms with Gasteiger partial charge in [-0.15, -0.1) is 12.4 Å². The zero-order valence-electron chi connectivity index (χ0n) is 13.4. The lowest BCUT2D eigenvalue weighted by Crippen LogP contribution is -2.31. The highest BCUT2D eigenvalue weighted by molar-refractivity contribution is 5.85. The van der Waals surface area contributed by atoms with Crippen molar-refractivity contribution in [2.75, 3.05) is 26.7 Å². The van der Waals surface area contributed by atoms with E-state index < -0.39 is 0 Å². The summed E-state index contributed by atoms with van der Waals surface area (Å²) < 4.78 is 5.07. The molecular formula is C18H25ClN2O2. The van der Waals surface area contributed by atoms with Crippen LogP contribution in [-0.2, 0) is 13.0 Å². The van der Waals surface area contributed by atoms with E-state index in [1.165, 1.54) is 5.56 Å². The first-order valence-electron chi connectivity index (χ1n) is 7.55. The second kappa shape index (κ2) is 10.1. The predicted molar refractivity (Wildman–Crippen MR) is 96.4 cm³/mol. The Morgan fingerprint density at radius 3 is 2.39 bits per heavy atom. The highest BCUT2D eigenvalue weighted by Gasteiger charge is 2.08. The molecule has 0 unspecified atom stereocenters. The fourth-order valence-electron chi connectivity index (χ4n) is 2.48. The number of hydrogen-bond donors (Lipinski definition) is 2. The molecule has 0 saturated carbocycles. The van der Waals surface area contributed by atoms with Crippen molar-refractivity contribution in [2.24, 2.45) is 5.73 Å². The summed E-state index contributed by atoms with van der Waals surface area (Å²) in [5, 5.41) is 9.87. The van der Waals surface area contributed by atoms with Gasteiger partial charge >= 0.3 is 0 Å². The van der Waals surface area contributed by atoms with Crippen LogP contribution in [0.3, 0.4) is 0 Å². The van der Waals surface area contributed by atoms with E-state index in [0.717, 1.165) is 31.6 Å². The normalized spacial score (nSPS) is 10.4. The number of phenols is 1. The quantitative estimate of drug-likeness (QED) is 0.778. The molecule has 0 radical (unpaired) electrons. The van der Waals surface area contributed by atoms with Crippen LogP contribution in [0.1, 0.15) is 11.1 Å². The van der Waals surface area contributed by atoms with E-state index in [4.69, 9.17) is 10.5 Å². The van der Waals surface area contributed by atoms with Crippen molar-refractivity contribution < 1.29 is 9.84 Å². The van der Waals surface area contributed by atoms with Gasteiger partial charge < -0.3 is 15.6 Å². The van der Waals surface area contributed by atoms with Gasteiger partial charge in [-0.3, -0.25) is 4.90 Å². The van der Waals surface area contributed by atoms with E-state index in [1.807, 2.05) is 12.1 Å². The maximum absolute atomic E-state index is 9.87. The molecular weight excluding hydrogens is 312 g/mol. The molecule has 0 spiro atoms. The molecule has 0 aliphatic carbocycles. The summed E-state index contributed by atoms with van der Waals surface area (Å²) in [5.41, 5.74) is 8.09. The van der Waals surface area contributed by atoms with Gasteiger partial charge in [0.05, 0.1) is 7.11 Å². The molecule has 2 aromatic rings. The Balaban J connectivity index is 0.00000264. The molecule has 0 fully saturated rings. The van der Waals surface area contributed by atoms with E-state index in [0.29, 0.717) is 12.3 Å². The average molecular weight is 337 g/mol. The Morgan fingerprint density at radius 1 is 1.04 bits per heavy atom. The van der Waals surface area contributed by atoms with Crippen LogP contribution in [0.5, 0.6) is 11.5 Å². The van der Waals surface area contributed by atoms with E-state index in [2.05, 4.69) is 29.2 Å². The van der Waals surface area contributed by atoms with Gasteiger partial charge in [-0.1, -0.05) is 36.4 Å². The fraction of sp³-hybridized carbons (Fsp3) is 0.333. The first-order valence-corrected chi connectivity index (χ1v) is 7.55. The maximum Gasteiger partial charge on any atom is 0.160 e. The first-order chi connectivity index (χ1) is 10.7. The number of rotatable bonds is 8. The van der Waals surface area contributed by atoms with Crippen LogP contribution in [0.15, 0.2) is 48.5 Å². The fourth-order valence-corrected chi connectivity index (χ4v) is 2.48. The summed E-state index contributed by atoms with van der Waals surface area (Å²) in [5.74, 6) is 0.675. The van der Waals surface area contributed by atoms with Crippen molar-refractivity contribution in [1.29, 1.82) is 0 Å². The van der Waals surface area contributed by atoms with Crippen LogP contribution in [0.4, 0.5) is 0 Å². The summed E-state index contributed by atoms with van der Waals surface area (Å²) in [6.07, 6.45) is 0.989. The number of ether oxygens (including phenoxy) is 1. The van der Waals surface area contributed by atoms with Crippen molar-refractivity contribution in [1.82, 2.24) is 4.90 Å². The number of phenolic OH excluding ortho intramolecular Hbond substituents is 1. The van der Waals surface area contributed by atoms with Crippen LogP contribution >= 0.6 is 12.4 Å². The van der Waals surface area contributed by atoms with Gasteiger partial charge in [0.2, 0.25) is 0 Å². The number of hydrogen-bond acceptors (Lipinski definition) is 4. The third kappa shape index (κ3) is 6.10. The van der Waals surface area contributed by atoms with Gasteiger partial charge in [0, 0.05) is 26.2 Å². The lowest BCUT2D eigenvalue weighted by atomic mass is 10.1. The molecule has 0 bridgehead atoms. The Kier molecular flexibility index (Phi) is 8.48. The lowest BCUT2D eigenvalue weighted by molar-refractivity contribution is 0.275. The van der Waals surface area contributed by atoms with Gasteiger partial charge in [-0.05, 0) is 29.7 Å². The molecule has 3 N–H and O–H groups in total. The van der Waals surface area contributed by atoms with Gasteiger partial charge in [-0.2, -0.15) is 0 Å². The molecule has 0 aliphatic heterocycles. The maximum atomic E-state index is 9.87. The second-order valence-corrected chi connectivity index (χ2v) is 5.31. The third-order valence-corrected chi connectivity index (χ3v) is 3.65. The van der Waals surface area contributed by atoms with Gasteiger partial charge in [0.25, 0.3) is 0 Å². The molecule has 2 aromatic carbocycles. The molecule has 0 aliphatic rings. The summed E-state index contributed by atoms with van der Waals surface area (Å²) in [6.45, 7) is 3.16. The van der Waals surface area contributed by atoms with Crippen LogP contribution in [-0.4, -0.2) is 36.8 Å². The highest BCUT2D eigenvalue weighted by atomic mass is 35.5. The molecule has 0 amide bonds. The molecule has 23 heavy (non-hydrogen) atoms. The summed E-state index contributed by atoms with van der Waals surface area (Å²) >= 11 is 0. The van der Waals surface area contributed by atoms with Gasteiger partial charge in [-0.25, -0.2) is 0 Å². The van der Waals surface area contributed by atoms with Crippen LogP contribution in [0.2, 0.25) is 0 Å². The van der Waals surface area contributed by atoms with Crippen molar-refractivity contribution in [3.8, 4) is 11.5 Å². The summed E-state index contributed by atoms with van der Waals surface area (Å²) in [4.78, 5) is 2.30. The third-order valence-electron chi connectivity index (χ3n) is 3.65. The topological polar surface area (TPSA) is 58.7 Å². The zero-order chi connectivity index (χ0) is 15.8. The standard InChI is InChI=1S/C18H24N2O2.ClH/c1-22-18-8-7-16(13-17(18)21)14-20(12-10-19)11-9-15-5-3-2-4-6-15;/h2-8,13,21H,9-12,14,19H2,1H3;1H. The number of benzene rings is 2. The van der Waals surface area contributed by atoms with Crippen molar-refractivity contribution in [3.05, 3.63) is 59.7 Å². The largest absolute Gasteiger partial charge is 0.504 e. The van der Waals surface area contributed by atoms with Crippen molar-refractivity contribution >= 4 is 12.4 Å². The first kappa shape index (κ1) is 19.3. The van der Waals surface area contributed by atoms with Gasteiger partial charge in [0.15, 0.2) is 11.5 Å². The Morgan fingerprint density at radius 2 is 1.78 bits per heavy atom. The smallest absolute Gasteiger partial charge is 0.160 e. The highest BCUT2D eigenvalue weighted by Crippen LogP contribution is 2.26. The second-order valence-electron chi connectivity index (χ2n) is 5.31. The van der Waals surface area contributed by atoms with Gasteiger partial charge in [0.1, 0.15) is 0 Å². The number of methoxy groups -OCH3 is 1. The number of halogens is 1. The lowest BCUT2D eigenvalue weighted by Gasteiger charge is -2.22. The molecule has 4 nitrogen and oxygen atoms in total. The minimum absolute atomic E-state index is 0. The van der Waals surface area contributed by atoms with Crippen LogP contribution in [0, 0.1) is 0 Å². The number of nitrogens with zero attached hydrogens (tertiary/aromatic N) is 1. The SMILES string of the molecule is COc1ccc(CN(CCN)CCc2ccccc2)cc1O.Cl. The molecule has 126 valence electrons. The van der Waals surface area contributed by atoms with Crippen LogP contribution in [0.25, 0.3) is 0 Å². The number of aromatic hydroxyl groups is 1. The Hall–Kier alpha value is -1.75. The molecule has 0 aromatic heterocycles. The molecule has 0 heterocycles. The molecule has 2 rings (SSSR count). The molecule has 5 heteroatoms. The van der Waals surface area contributed by atoms with E-state index >= 15 is 0 Å². The van der Waals surface area contributed by atoms with Crippen LogP contribution < -0.4 is 10.5 Å². The monoisotopic (exact) mass is 336 g/mol. The average Bonchev–Trinajstić information content (AvgIpc) is 2.54. The summed E-state index contributed by atoms with van der Waals surface area (Å²) in [6, 6.07) is 16.0. The van der Waals surface area contributed by atoms with E-state index in [1.54, 1.807) is 19.2 Å². The molecule has 0 saturated heterocycles. The Bertz CT molecular complexity index is 578. The number of nitrogens with two attached hydrogens (primary N) is 1. The zero-order valence-corrected chi connectivity index (χ0v) is 14.3. The minimum Gasteiger partial charge on any atom is -0.504 e. The van der Waals surface area contributed by atoms with Crippen molar-refractivity contribution in [2.45, 2.75) is 13.0 Å². The summed E-state index contributed by atoms with van der Waals surface area (Å²) in [7, 11) is 1.55. The molecule has 0 atom stereocenters. The van der Waals surface area contributed by atoms with E-state index in [-0.39, 0.29) is 18.2 Å². The Labute approximate surface area is 144 Å². The minimum atomic E-state index is 0. The predicted octanol–water partition coefficient (Wildman–Crippen LogP) is 2.83. The van der Waals surface area contributed by atoms with Crippen molar-refractivity contribution in [3.63, 3.8) is 0 Å².